The lowest BCUT2D eigenvalue weighted by molar-refractivity contribution is -0.118. The summed E-state index contributed by atoms with van der Waals surface area (Å²) in [6.45, 7) is 8.32. The summed E-state index contributed by atoms with van der Waals surface area (Å²) < 4.78 is 12.1. The minimum absolute atomic E-state index is 0.198. The number of rotatable bonds is 5. The van der Waals surface area contributed by atoms with Gasteiger partial charge in [0.15, 0.2) is 5.96 Å². The normalized spacial score (nSPS) is 18.9. The van der Waals surface area contributed by atoms with Crippen molar-refractivity contribution in [1.82, 2.24) is 0 Å². The Labute approximate surface area is 149 Å². The van der Waals surface area contributed by atoms with Gasteiger partial charge >= 0.3 is 0 Å². The first-order valence-corrected chi connectivity index (χ1v) is 8.72. The zero-order valence-electron chi connectivity index (χ0n) is 15.9. The number of aliphatic imine (C=N–C) groups is 1. The van der Waals surface area contributed by atoms with E-state index in [2.05, 4.69) is 25.8 Å². The summed E-state index contributed by atoms with van der Waals surface area (Å²) in [6, 6.07) is 0. The number of hydrogen-bond acceptors (Lipinski definition) is 3. The van der Waals surface area contributed by atoms with Crippen molar-refractivity contribution in [2.45, 2.75) is 65.4 Å². The van der Waals surface area contributed by atoms with Crippen molar-refractivity contribution in [2.24, 2.45) is 16.5 Å². The Hall–Kier alpha value is -2.24. The van der Waals surface area contributed by atoms with Gasteiger partial charge in [0.05, 0.1) is 7.11 Å². The number of amides is 1. The van der Waals surface area contributed by atoms with Crippen LogP contribution in [0.4, 0.5) is 0 Å². The Bertz CT molecular complexity index is 685. The number of fused-ring (bicyclic) bond motifs is 1. The van der Waals surface area contributed by atoms with Crippen LogP contribution in [0, 0.1) is 13.8 Å². The Morgan fingerprint density at radius 3 is 2.56 bits per heavy atom. The number of guanidine groups is 1. The van der Waals surface area contributed by atoms with Gasteiger partial charge in [0.2, 0.25) is 5.91 Å². The second-order valence-electron chi connectivity index (χ2n) is 6.91. The fourth-order valence-electron chi connectivity index (χ4n) is 3.67. The summed E-state index contributed by atoms with van der Waals surface area (Å²) in [6.07, 6.45) is 3.45. The Morgan fingerprint density at radius 1 is 1.32 bits per heavy atom. The van der Waals surface area contributed by atoms with Crippen LogP contribution in [0.5, 0.6) is 11.5 Å². The van der Waals surface area contributed by atoms with E-state index in [9.17, 15) is 4.79 Å². The van der Waals surface area contributed by atoms with E-state index in [0.717, 1.165) is 41.9 Å². The predicted molar refractivity (Wildman–Crippen MR) is 99.3 cm³/mol. The third-order valence-corrected chi connectivity index (χ3v) is 5.07. The first kappa shape index (κ1) is 19.1. The summed E-state index contributed by atoms with van der Waals surface area (Å²) in [5.74, 6) is 1.40. The summed E-state index contributed by atoms with van der Waals surface area (Å²) in [7, 11) is 1.71. The minimum atomic E-state index is -0.404. The third kappa shape index (κ3) is 3.89. The monoisotopic (exact) mass is 347 g/mol. The molecule has 2 rings (SSSR count). The van der Waals surface area contributed by atoms with Gasteiger partial charge in [-0.2, -0.15) is 4.99 Å². The average Bonchev–Trinajstić information content (AvgIpc) is 2.53. The van der Waals surface area contributed by atoms with Crippen molar-refractivity contribution < 1.29 is 14.3 Å². The Morgan fingerprint density at radius 2 is 2.00 bits per heavy atom. The van der Waals surface area contributed by atoms with Gasteiger partial charge in [0.1, 0.15) is 17.1 Å². The lowest BCUT2D eigenvalue weighted by atomic mass is 9.84. The zero-order chi connectivity index (χ0) is 18.8. The van der Waals surface area contributed by atoms with E-state index >= 15 is 0 Å². The molecular weight excluding hydrogens is 318 g/mol. The molecule has 4 N–H and O–H groups in total. The molecule has 1 aromatic rings. The number of carbonyl (C=O) groups excluding carboxylic acids is 1. The molecule has 0 aromatic heterocycles. The maximum absolute atomic E-state index is 11.8. The molecule has 1 amide bonds. The molecule has 0 fully saturated rings. The summed E-state index contributed by atoms with van der Waals surface area (Å²) >= 11 is 0. The number of nitrogens with zero attached hydrogens (tertiary/aromatic N) is 1. The second-order valence-corrected chi connectivity index (χ2v) is 6.91. The highest BCUT2D eigenvalue weighted by Crippen LogP contribution is 2.45. The Kier molecular flexibility index (Phi) is 5.60. The van der Waals surface area contributed by atoms with E-state index in [4.69, 9.17) is 20.9 Å². The van der Waals surface area contributed by atoms with Gasteiger partial charge < -0.3 is 20.9 Å². The standard InChI is InChI=1S/C19H29N3O3/c1-6-13-11(2)16(24-5)12(3)14-7-9-19(4,25-17(13)14)10-8-15(23)22-18(20)21/h6-10H2,1-5H3,(H4,20,21,22,23). The molecule has 0 aliphatic carbocycles. The molecule has 1 aliphatic heterocycles. The quantitative estimate of drug-likeness (QED) is 0.630. The smallest absolute Gasteiger partial charge is 0.249 e. The highest BCUT2D eigenvalue weighted by Gasteiger charge is 2.35. The molecule has 0 saturated carbocycles. The first-order valence-electron chi connectivity index (χ1n) is 8.72. The van der Waals surface area contributed by atoms with Crippen LogP contribution in [-0.4, -0.2) is 24.6 Å². The van der Waals surface area contributed by atoms with E-state index in [0.29, 0.717) is 6.42 Å². The van der Waals surface area contributed by atoms with Crippen LogP contribution in [-0.2, 0) is 17.6 Å². The van der Waals surface area contributed by atoms with E-state index in [1.54, 1.807) is 7.11 Å². The predicted octanol–water partition coefficient (Wildman–Crippen LogP) is 2.54. The van der Waals surface area contributed by atoms with Gasteiger partial charge in [-0.25, -0.2) is 0 Å². The molecule has 25 heavy (non-hydrogen) atoms. The molecule has 1 atom stereocenters. The maximum atomic E-state index is 11.8. The molecule has 1 aromatic carbocycles. The number of methoxy groups -OCH3 is 1. The highest BCUT2D eigenvalue weighted by molar-refractivity contribution is 5.91. The van der Waals surface area contributed by atoms with Crippen LogP contribution in [0.2, 0.25) is 0 Å². The van der Waals surface area contributed by atoms with Gasteiger partial charge in [-0.3, -0.25) is 4.79 Å². The van der Waals surface area contributed by atoms with Crippen LogP contribution in [0.15, 0.2) is 4.99 Å². The van der Waals surface area contributed by atoms with Crippen molar-refractivity contribution in [3.63, 3.8) is 0 Å². The molecule has 0 radical (unpaired) electrons. The molecule has 6 nitrogen and oxygen atoms in total. The maximum Gasteiger partial charge on any atom is 0.249 e. The van der Waals surface area contributed by atoms with Crippen molar-refractivity contribution in [3.8, 4) is 11.5 Å². The summed E-state index contributed by atoms with van der Waals surface area (Å²) in [5, 5.41) is 0. The average molecular weight is 347 g/mol. The number of hydrogen-bond donors (Lipinski definition) is 2. The molecule has 6 heteroatoms. The Balaban J connectivity index is 2.31. The molecular formula is C19H29N3O3. The van der Waals surface area contributed by atoms with Gasteiger partial charge in [-0.1, -0.05) is 6.92 Å². The molecule has 0 saturated heterocycles. The third-order valence-electron chi connectivity index (χ3n) is 5.07. The first-order chi connectivity index (χ1) is 11.7. The number of carbonyl (C=O) groups is 1. The van der Waals surface area contributed by atoms with Crippen molar-refractivity contribution >= 4 is 11.9 Å². The van der Waals surface area contributed by atoms with Gasteiger partial charge in [0, 0.05) is 17.5 Å². The SMILES string of the molecule is CCc1c(C)c(OC)c(C)c2c1OC(C)(CCC(=O)N=C(N)N)CC2. The van der Waals surface area contributed by atoms with Crippen molar-refractivity contribution in [3.05, 3.63) is 22.3 Å². The fraction of sp³-hybridized carbons (Fsp3) is 0.579. The molecule has 1 heterocycles. The van der Waals surface area contributed by atoms with Gasteiger partial charge in [-0.05, 0) is 57.6 Å². The topological polar surface area (TPSA) is 99.9 Å². The molecule has 138 valence electrons. The largest absolute Gasteiger partial charge is 0.496 e. The zero-order valence-corrected chi connectivity index (χ0v) is 15.9. The number of benzene rings is 1. The molecule has 0 bridgehead atoms. The van der Waals surface area contributed by atoms with Gasteiger partial charge in [-0.15, -0.1) is 0 Å². The molecule has 1 aliphatic rings. The van der Waals surface area contributed by atoms with Crippen LogP contribution >= 0.6 is 0 Å². The molecule has 1 unspecified atom stereocenters. The van der Waals surface area contributed by atoms with Gasteiger partial charge in [0.25, 0.3) is 0 Å². The lowest BCUT2D eigenvalue weighted by Gasteiger charge is -2.38. The van der Waals surface area contributed by atoms with Crippen molar-refractivity contribution in [2.75, 3.05) is 7.11 Å². The number of nitrogens with two attached hydrogens (primary N) is 2. The van der Waals surface area contributed by atoms with Crippen LogP contribution in [0.25, 0.3) is 0 Å². The number of ether oxygens (including phenoxy) is 2. The van der Waals surface area contributed by atoms with Crippen LogP contribution in [0.3, 0.4) is 0 Å². The van der Waals surface area contributed by atoms with Crippen molar-refractivity contribution in [1.29, 1.82) is 0 Å². The van der Waals surface area contributed by atoms with Crippen LogP contribution < -0.4 is 20.9 Å². The van der Waals surface area contributed by atoms with E-state index in [-0.39, 0.29) is 18.3 Å². The van der Waals surface area contributed by atoms with E-state index in [1.807, 2.05) is 6.92 Å². The van der Waals surface area contributed by atoms with E-state index < -0.39 is 5.60 Å². The van der Waals surface area contributed by atoms with E-state index in [1.165, 1.54) is 11.1 Å². The summed E-state index contributed by atoms with van der Waals surface area (Å²) in [5.41, 5.74) is 14.8. The minimum Gasteiger partial charge on any atom is -0.496 e. The fourth-order valence-corrected chi connectivity index (χ4v) is 3.67. The molecule has 0 spiro atoms. The lowest BCUT2D eigenvalue weighted by Crippen LogP contribution is -2.38. The summed E-state index contributed by atoms with van der Waals surface area (Å²) in [4.78, 5) is 15.4. The van der Waals surface area contributed by atoms with Crippen LogP contribution in [0.1, 0.15) is 55.4 Å². The highest BCUT2D eigenvalue weighted by atomic mass is 16.5. The second kappa shape index (κ2) is 7.33.